The standard InChI is InChI=1S/C19H36N4O3.HI/c1-3-20-18(22-15-19(2)6-4-9-26-19)21-13-17(16-5-10-25-14-16)23-7-11-24-12-8-23;/h16-17H,3-15H2,1-2H3,(H2,20,21,22);1H. The van der Waals surface area contributed by atoms with E-state index < -0.39 is 0 Å². The molecule has 7 nitrogen and oxygen atoms in total. The number of aliphatic imine (C=N–C) groups is 1. The van der Waals surface area contributed by atoms with Gasteiger partial charge in [0.2, 0.25) is 0 Å². The summed E-state index contributed by atoms with van der Waals surface area (Å²) in [7, 11) is 0. The summed E-state index contributed by atoms with van der Waals surface area (Å²) in [6, 6.07) is 0.462. The Labute approximate surface area is 181 Å². The smallest absolute Gasteiger partial charge is 0.191 e. The van der Waals surface area contributed by atoms with E-state index in [0.717, 1.165) is 84.4 Å². The highest BCUT2D eigenvalue weighted by atomic mass is 127. The predicted molar refractivity (Wildman–Crippen MR) is 118 cm³/mol. The summed E-state index contributed by atoms with van der Waals surface area (Å²) in [5, 5.41) is 6.96. The van der Waals surface area contributed by atoms with Crippen molar-refractivity contribution in [1.29, 1.82) is 0 Å². The minimum absolute atomic E-state index is 0. The van der Waals surface area contributed by atoms with E-state index in [4.69, 9.17) is 19.2 Å². The van der Waals surface area contributed by atoms with Crippen molar-refractivity contribution >= 4 is 29.9 Å². The van der Waals surface area contributed by atoms with Crippen LogP contribution in [0.1, 0.15) is 33.1 Å². The molecule has 3 atom stereocenters. The van der Waals surface area contributed by atoms with E-state index in [-0.39, 0.29) is 29.6 Å². The van der Waals surface area contributed by atoms with Crippen LogP contribution in [0.15, 0.2) is 4.99 Å². The molecule has 0 aromatic rings. The van der Waals surface area contributed by atoms with Gasteiger partial charge in [0.1, 0.15) is 0 Å². The summed E-state index contributed by atoms with van der Waals surface area (Å²) in [4.78, 5) is 7.36. The Morgan fingerprint density at radius 1 is 1.19 bits per heavy atom. The predicted octanol–water partition coefficient (Wildman–Crippen LogP) is 1.47. The van der Waals surface area contributed by atoms with Crippen LogP contribution in [-0.2, 0) is 14.2 Å². The molecule has 3 rings (SSSR count). The van der Waals surface area contributed by atoms with Gasteiger partial charge in [-0.25, -0.2) is 0 Å². The van der Waals surface area contributed by atoms with Gasteiger partial charge >= 0.3 is 0 Å². The number of nitrogens with zero attached hydrogens (tertiary/aromatic N) is 2. The zero-order valence-electron chi connectivity index (χ0n) is 16.9. The molecule has 158 valence electrons. The Bertz CT molecular complexity index is 448. The Balaban J connectivity index is 0.00000261. The minimum atomic E-state index is -0.106. The molecule has 3 aliphatic heterocycles. The SMILES string of the molecule is CCNC(=NCC1(C)CCCO1)NCC(C1CCOC1)N1CCOCC1.I. The lowest BCUT2D eigenvalue weighted by Gasteiger charge is -2.37. The van der Waals surface area contributed by atoms with Crippen LogP contribution < -0.4 is 10.6 Å². The van der Waals surface area contributed by atoms with E-state index in [2.05, 4.69) is 29.4 Å². The summed E-state index contributed by atoms with van der Waals surface area (Å²) < 4.78 is 17.1. The maximum atomic E-state index is 5.87. The Kier molecular flexibility index (Phi) is 10.1. The van der Waals surface area contributed by atoms with E-state index in [0.29, 0.717) is 18.5 Å². The average Bonchev–Trinajstić information content (AvgIpc) is 3.33. The molecule has 0 saturated carbocycles. The fourth-order valence-electron chi connectivity index (χ4n) is 4.11. The molecule has 27 heavy (non-hydrogen) atoms. The first-order chi connectivity index (χ1) is 12.7. The fourth-order valence-corrected chi connectivity index (χ4v) is 4.11. The van der Waals surface area contributed by atoms with Gasteiger partial charge in [-0.1, -0.05) is 0 Å². The van der Waals surface area contributed by atoms with Gasteiger partial charge in [-0.2, -0.15) is 0 Å². The molecule has 0 aliphatic carbocycles. The Morgan fingerprint density at radius 3 is 2.63 bits per heavy atom. The van der Waals surface area contributed by atoms with Crippen molar-refractivity contribution in [3.05, 3.63) is 0 Å². The van der Waals surface area contributed by atoms with Crippen molar-refractivity contribution in [3.8, 4) is 0 Å². The lowest BCUT2D eigenvalue weighted by Crippen LogP contribution is -2.53. The van der Waals surface area contributed by atoms with E-state index in [1.807, 2.05) is 0 Å². The molecule has 0 radical (unpaired) electrons. The quantitative estimate of drug-likeness (QED) is 0.316. The van der Waals surface area contributed by atoms with Crippen molar-refractivity contribution in [2.24, 2.45) is 10.9 Å². The zero-order chi connectivity index (χ0) is 18.2. The molecular weight excluding hydrogens is 459 g/mol. The molecule has 3 heterocycles. The van der Waals surface area contributed by atoms with Gasteiger partial charge in [-0.05, 0) is 33.1 Å². The highest BCUT2D eigenvalue weighted by Crippen LogP contribution is 2.25. The zero-order valence-corrected chi connectivity index (χ0v) is 19.2. The van der Waals surface area contributed by atoms with Gasteiger partial charge < -0.3 is 24.8 Å². The second-order valence-corrected chi connectivity index (χ2v) is 7.82. The number of hydrogen-bond donors (Lipinski definition) is 2. The van der Waals surface area contributed by atoms with Gasteiger partial charge in [-0.15, -0.1) is 24.0 Å². The molecule has 0 amide bonds. The Hall–Kier alpha value is -0.160. The lowest BCUT2D eigenvalue weighted by atomic mass is 9.97. The molecule has 0 bridgehead atoms. The molecule has 2 N–H and O–H groups in total. The van der Waals surface area contributed by atoms with Gasteiger partial charge in [0.25, 0.3) is 0 Å². The van der Waals surface area contributed by atoms with Crippen molar-refractivity contribution < 1.29 is 14.2 Å². The average molecular weight is 496 g/mol. The monoisotopic (exact) mass is 496 g/mol. The van der Waals surface area contributed by atoms with E-state index in [9.17, 15) is 0 Å². The summed E-state index contributed by atoms with van der Waals surface area (Å²) in [6.07, 6.45) is 3.37. The Morgan fingerprint density at radius 2 is 2.00 bits per heavy atom. The summed E-state index contributed by atoms with van der Waals surface area (Å²) in [5.74, 6) is 1.47. The van der Waals surface area contributed by atoms with E-state index >= 15 is 0 Å². The summed E-state index contributed by atoms with van der Waals surface area (Å²) >= 11 is 0. The van der Waals surface area contributed by atoms with Crippen LogP contribution in [0.5, 0.6) is 0 Å². The number of morpholine rings is 1. The van der Waals surface area contributed by atoms with Crippen molar-refractivity contribution in [3.63, 3.8) is 0 Å². The molecule has 8 heteroatoms. The molecule has 0 aromatic heterocycles. The second kappa shape index (κ2) is 11.7. The third-order valence-corrected chi connectivity index (χ3v) is 5.72. The molecule has 3 fully saturated rings. The highest BCUT2D eigenvalue weighted by Gasteiger charge is 2.32. The molecule has 3 aliphatic rings. The third-order valence-electron chi connectivity index (χ3n) is 5.72. The van der Waals surface area contributed by atoms with Crippen LogP contribution in [0.2, 0.25) is 0 Å². The number of rotatable bonds is 7. The second-order valence-electron chi connectivity index (χ2n) is 7.82. The van der Waals surface area contributed by atoms with Crippen molar-refractivity contribution in [2.75, 3.05) is 65.8 Å². The number of nitrogens with one attached hydrogen (secondary N) is 2. The minimum Gasteiger partial charge on any atom is -0.381 e. The normalized spacial score (nSPS) is 30.7. The van der Waals surface area contributed by atoms with Crippen LogP contribution in [0, 0.1) is 5.92 Å². The van der Waals surface area contributed by atoms with Crippen LogP contribution in [0.3, 0.4) is 0 Å². The third kappa shape index (κ3) is 6.99. The van der Waals surface area contributed by atoms with E-state index in [1.54, 1.807) is 0 Å². The number of halogens is 1. The molecule has 3 unspecified atom stereocenters. The molecular formula is C19H37IN4O3. The summed E-state index contributed by atoms with van der Waals surface area (Å²) in [6.45, 7) is 13.0. The van der Waals surface area contributed by atoms with Gasteiger partial charge in [0, 0.05) is 51.4 Å². The maximum absolute atomic E-state index is 5.87. The van der Waals surface area contributed by atoms with Gasteiger partial charge in [-0.3, -0.25) is 9.89 Å². The summed E-state index contributed by atoms with van der Waals surface area (Å²) in [5.41, 5.74) is -0.106. The highest BCUT2D eigenvalue weighted by molar-refractivity contribution is 14.0. The van der Waals surface area contributed by atoms with Crippen LogP contribution >= 0.6 is 24.0 Å². The number of guanidine groups is 1. The number of ether oxygens (including phenoxy) is 3. The fraction of sp³-hybridized carbons (Fsp3) is 0.947. The molecule has 3 saturated heterocycles. The lowest BCUT2D eigenvalue weighted by molar-refractivity contribution is 0.00243. The van der Waals surface area contributed by atoms with Crippen LogP contribution in [0.4, 0.5) is 0 Å². The first-order valence-corrected chi connectivity index (χ1v) is 10.3. The van der Waals surface area contributed by atoms with Gasteiger partial charge in [0.05, 0.1) is 32.0 Å². The first kappa shape index (κ1) is 23.1. The van der Waals surface area contributed by atoms with Crippen molar-refractivity contribution in [1.82, 2.24) is 15.5 Å². The first-order valence-electron chi connectivity index (χ1n) is 10.3. The molecule has 0 spiro atoms. The van der Waals surface area contributed by atoms with E-state index in [1.165, 1.54) is 0 Å². The number of hydrogen-bond acceptors (Lipinski definition) is 5. The molecule has 0 aromatic carbocycles. The topological polar surface area (TPSA) is 67.4 Å². The van der Waals surface area contributed by atoms with Crippen LogP contribution in [-0.4, -0.2) is 88.3 Å². The largest absolute Gasteiger partial charge is 0.381 e. The van der Waals surface area contributed by atoms with Gasteiger partial charge in [0.15, 0.2) is 5.96 Å². The van der Waals surface area contributed by atoms with Crippen molar-refractivity contribution in [2.45, 2.75) is 44.8 Å². The van der Waals surface area contributed by atoms with Crippen LogP contribution in [0.25, 0.3) is 0 Å². The maximum Gasteiger partial charge on any atom is 0.191 e.